The van der Waals surface area contributed by atoms with E-state index >= 15 is 0 Å². The smallest absolute Gasteiger partial charge is 0.255 e. The van der Waals surface area contributed by atoms with Crippen molar-refractivity contribution in [1.29, 1.82) is 10.5 Å². The average Bonchev–Trinajstić information content (AvgIpc) is 2.49. The van der Waals surface area contributed by atoms with Gasteiger partial charge in [-0.2, -0.15) is 10.5 Å². The summed E-state index contributed by atoms with van der Waals surface area (Å²) in [6, 6.07) is 13.4. The van der Waals surface area contributed by atoms with Gasteiger partial charge in [0.1, 0.15) is 12.1 Å². The summed E-state index contributed by atoms with van der Waals surface area (Å²) in [7, 11) is 0. The summed E-state index contributed by atoms with van der Waals surface area (Å²) in [5, 5.41) is 21.0. The van der Waals surface area contributed by atoms with Crippen LogP contribution in [0.25, 0.3) is 0 Å². The minimum atomic E-state index is -0.332. The molecule has 0 aliphatic heterocycles. The van der Waals surface area contributed by atoms with Crippen LogP contribution in [0, 0.1) is 26.2 Å². The van der Waals surface area contributed by atoms with E-state index in [1.165, 1.54) is 12.1 Å². The zero-order valence-corrected chi connectivity index (χ0v) is 13.4. The van der Waals surface area contributed by atoms with Crippen LogP contribution in [0.4, 0.5) is 5.69 Å². The number of nitrogens with zero attached hydrogens (tertiary/aromatic N) is 2. The van der Waals surface area contributed by atoms with Crippen molar-refractivity contribution in [2.45, 2.75) is 0 Å². The number of hydrogen-bond donors (Lipinski definition) is 1. The van der Waals surface area contributed by atoms with Gasteiger partial charge in [0.2, 0.25) is 0 Å². The maximum absolute atomic E-state index is 12.1. The summed E-state index contributed by atoms with van der Waals surface area (Å²) in [6.07, 6.45) is 0. The molecule has 0 aromatic heterocycles. The third-order valence-corrected chi connectivity index (χ3v) is 4.27. The average molecular weight is 408 g/mol. The van der Waals surface area contributed by atoms with E-state index in [1.54, 1.807) is 24.3 Å². The van der Waals surface area contributed by atoms with Gasteiger partial charge in [-0.15, -0.1) is 0 Å². The molecule has 0 fully saturated rings. The number of carbonyl (C=O) groups excluding carboxylic acids is 1. The van der Waals surface area contributed by atoms with Crippen LogP contribution in [-0.4, -0.2) is 5.91 Å². The van der Waals surface area contributed by atoms with Crippen LogP contribution < -0.4 is 5.32 Å². The van der Waals surface area contributed by atoms with Crippen LogP contribution >= 0.6 is 34.2 Å². The molecule has 21 heavy (non-hydrogen) atoms. The largest absolute Gasteiger partial charge is 0.322 e. The summed E-state index contributed by atoms with van der Waals surface area (Å²) < 4.78 is 0.857. The molecule has 0 aliphatic carbocycles. The molecule has 0 aliphatic rings. The maximum Gasteiger partial charge on any atom is 0.255 e. The molecule has 0 saturated heterocycles. The summed E-state index contributed by atoms with van der Waals surface area (Å²) in [4.78, 5) is 12.1. The van der Waals surface area contributed by atoms with Crippen molar-refractivity contribution in [2.24, 2.45) is 0 Å². The van der Waals surface area contributed by atoms with Crippen LogP contribution in [0.3, 0.4) is 0 Å². The molecule has 4 nitrogen and oxygen atoms in total. The van der Waals surface area contributed by atoms with Gasteiger partial charge in [-0.25, -0.2) is 0 Å². The van der Waals surface area contributed by atoms with Gasteiger partial charge in [0, 0.05) is 14.8 Å². The highest BCUT2D eigenvalue weighted by molar-refractivity contribution is 14.1. The van der Waals surface area contributed by atoms with Gasteiger partial charge in [0.05, 0.1) is 16.1 Å². The Morgan fingerprint density at radius 2 is 1.81 bits per heavy atom. The first-order valence-electron chi connectivity index (χ1n) is 5.76. The molecule has 0 unspecified atom stereocenters. The second kappa shape index (κ2) is 6.57. The van der Waals surface area contributed by atoms with Gasteiger partial charge in [-0.3, -0.25) is 4.79 Å². The van der Waals surface area contributed by atoms with Gasteiger partial charge in [-0.05, 0) is 59.0 Å². The fraction of sp³-hybridized carbons (Fsp3) is 0. The van der Waals surface area contributed by atoms with Crippen molar-refractivity contribution in [1.82, 2.24) is 0 Å². The lowest BCUT2D eigenvalue weighted by molar-refractivity contribution is 0.102. The lowest BCUT2D eigenvalue weighted by Crippen LogP contribution is -2.12. The molecule has 2 aromatic rings. The Kier molecular flexibility index (Phi) is 4.79. The number of carbonyl (C=O) groups is 1. The standard InChI is InChI=1S/C15H7ClIN3O/c16-13-6-9(2-4-14(13)17)15(21)20-12-3-1-10(7-18)11(5-12)8-19/h1-6H,(H,20,21). The Morgan fingerprint density at radius 1 is 1.10 bits per heavy atom. The lowest BCUT2D eigenvalue weighted by Gasteiger charge is -2.07. The van der Waals surface area contributed by atoms with Crippen molar-refractivity contribution in [3.8, 4) is 12.1 Å². The van der Waals surface area contributed by atoms with Gasteiger partial charge in [-0.1, -0.05) is 11.6 Å². The number of benzene rings is 2. The quantitative estimate of drug-likeness (QED) is 0.766. The van der Waals surface area contributed by atoms with Gasteiger partial charge in [0.25, 0.3) is 5.91 Å². The zero-order valence-electron chi connectivity index (χ0n) is 10.5. The molecule has 6 heteroatoms. The molecule has 0 heterocycles. The van der Waals surface area contributed by atoms with E-state index in [9.17, 15) is 4.79 Å². The number of rotatable bonds is 2. The fourth-order valence-corrected chi connectivity index (χ4v) is 2.17. The van der Waals surface area contributed by atoms with E-state index in [0.717, 1.165) is 3.57 Å². The molecular weight excluding hydrogens is 401 g/mol. The Morgan fingerprint density at radius 3 is 2.43 bits per heavy atom. The molecule has 2 aromatic carbocycles. The van der Waals surface area contributed by atoms with Crippen molar-refractivity contribution in [3.63, 3.8) is 0 Å². The molecular formula is C15H7ClIN3O. The molecule has 2 rings (SSSR count). The van der Waals surface area contributed by atoms with Gasteiger partial charge >= 0.3 is 0 Å². The highest BCUT2D eigenvalue weighted by atomic mass is 127. The summed E-state index contributed by atoms with van der Waals surface area (Å²) in [5.74, 6) is -0.332. The van der Waals surface area contributed by atoms with E-state index in [1.807, 2.05) is 12.1 Å². The fourth-order valence-electron chi connectivity index (χ4n) is 1.65. The number of hydrogen-bond acceptors (Lipinski definition) is 3. The molecule has 0 radical (unpaired) electrons. The molecule has 0 spiro atoms. The SMILES string of the molecule is N#Cc1ccc(NC(=O)c2ccc(I)c(Cl)c2)cc1C#N. The molecule has 102 valence electrons. The highest BCUT2D eigenvalue weighted by Crippen LogP contribution is 2.21. The Bertz CT molecular complexity index is 806. The molecule has 1 amide bonds. The van der Waals surface area contributed by atoms with E-state index in [-0.39, 0.29) is 17.0 Å². The monoisotopic (exact) mass is 407 g/mol. The predicted octanol–water partition coefficient (Wildman–Crippen LogP) is 3.94. The third-order valence-electron chi connectivity index (χ3n) is 2.70. The third kappa shape index (κ3) is 3.52. The Hall–Kier alpha value is -2.09. The van der Waals surface area contributed by atoms with Gasteiger partial charge < -0.3 is 5.32 Å². The molecule has 0 saturated carbocycles. The molecule has 1 N–H and O–H groups in total. The number of anilines is 1. The van der Waals surface area contributed by atoms with Crippen molar-refractivity contribution >= 4 is 45.8 Å². The summed E-state index contributed by atoms with van der Waals surface area (Å²) in [5.41, 5.74) is 1.36. The van der Waals surface area contributed by atoms with Crippen LogP contribution in [0.1, 0.15) is 21.5 Å². The topological polar surface area (TPSA) is 76.7 Å². The maximum atomic E-state index is 12.1. The number of nitriles is 2. The normalized spacial score (nSPS) is 9.52. The van der Waals surface area contributed by atoms with Crippen LogP contribution in [0.2, 0.25) is 5.02 Å². The second-order valence-electron chi connectivity index (χ2n) is 4.07. The van der Waals surface area contributed by atoms with Crippen molar-refractivity contribution in [3.05, 3.63) is 61.7 Å². The first-order valence-corrected chi connectivity index (χ1v) is 7.21. The van der Waals surface area contributed by atoms with Crippen LogP contribution in [0.5, 0.6) is 0 Å². The first kappa shape index (κ1) is 15.3. The highest BCUT2D eigenvalue weighted by Gasteiger charge is 2.10. The van der Waals surface area contributed by atoms with E-state index in [0.29, 0.717) is 16.3 Å². The lowest BCUT2D eigenvalue weighted by atomic mass is 10.1. The van der Waals surface area contributed by atoms with Gasteiger partial charge in [0.15, 0.2) is 0 Å². The van der Waals surface area contributed by atoms with E-state index < -0.39 is 0 Å². The molecule has 0 atom stereocenters. The van der Waals surface area contributed by atoms with Crippen LogP contribution in [-0.2, 0) is 0 Å². The summed E-state index contributed by atoms with van der Waals surface area (Å²) >= 11 is 8.06. The van der Waals surface area contributed by atoms with Crippen molar-refractivity contribution in [2.75, 3.05) is 5.32 Å². The van der Waals surface area contributed by atoms with E-state index in [2.05, 4.69) is 27.9 Å². The number of nitrogens with one attached hydrogen (secondary N) is 1. The van der Waals surface area contributed by atoms with Crippen molar-refractivity contribution < 1.29 is 4.79 Å². The number of halogens is 2. The van der Waals surface area contributed by atoms with E-state index in [4.69, 9.17) is 22.1 Å². The minimum absolute atomic E-state index is 0.218. The second-order valence-corrected chi connectivity index (χ2v) is 5.64. The summed E-state index contributed by atoms with van der Waals surface area (Å²) in [6.45, 7) is 0. The molecule has 0 bridgehead atoms. The Labute approximate surface area is 140 Å². The minimum Gasteiger partial charge on any atom is -0.322 e. The predicted molar refractivity (Wildman–Crippen MR) is 88.0 cm³/mol. The zero-order chi connectivity index (χ0) is 15.4. The number of amides is 1. The first-order chi connectivity index (χ1) is 10.0. The Balaban J connectivity index is 2.26. The van der Waals surface area contributed by atoms with Crippen LogP contribution in [0.15, 0.2) is 36.4 Å².